The van der Waals surface area contributed by atoms with E-state index in [0.29, 0.717) is 10.6 Å². The number of para-hydroxylation sites is 1. The number of ether oxygens (including phenoxy) is 1. The van der Waals surface area contributed by atoms with Crippen LogP contribution < -0.4 is 16.4 Å². The maximum Gasteiger partial charge on any atom is 0.328 e. The number of nitrogens with zero attached hydrogens (tertiary/aromatic N) is 2. The minimum Gasteiger partial charge on any atom is -0.454 e. The zero-order chi connectivity index (χ0) is 21.5. The monoisotopic (exact) mass is 424 g/mol. The van der Waals surface area contributed by atoms with Crippen molar-refractivity contribution in [1.82, 2.24) is 9.78 Å². The Hall–Kier alpha value is -3.84. The fraction of sp³-hybridized carbons (Fsp3) is 0.150. The van der Waals surface area contributed by atoms with E-state index in [2.05, 4.69) is 10.4 Å². The van der Waals surface area contributed by atoms with Crippen LogP contribution in [0, 0.1) is 11.3 Å². The number of esters is 1. The molecule has 0 radical (unpaired) electrons. The Bertz CT molecular complexity index is 1260. The van der Waals surface area contributed by atoms with Gasteiger partial charge >= 0.3 is 5.97 Å². The predicted octanol–water partition coefficient (Wildman–Crippen LogP) is 1.49. The number of H-pyrrole nitrogens is 1. The molecule has 3 aromatic rings. The first-order chi connectivity index (χ1) is 14.5. The van der Waals surface area contributed by atoms with Crippen LogP contribution in [0.2, 0.25) is 0 Å². The summed E-state index contributed by atoms with van der Waals surface area (Å²) in [7, 11) is 0. The van der Waals surface area contributed by atoms with E-state index in [1.165, 1.54) is 23.9 Å². The average molecular weight is 424 g/mol. The fourth-order valence-electron chi connectivity index (χ4n) is 2.67. The summed E-state index contributed by atoms with van der Waals surface area (Å²) in [5.74, 6) is -1.21. The molecule has 1 amide bonds. The van der Waals surface area contributed by atoms with Crippen molar-refractivity contribution in [3.05, 3.63) is 69.2 Å². The van der Waals surface area contributed by atoms with Crippen LogP contribution in [0.25, 0.3) is 10.8 Å². The van der Waals surface area contributed by atoms with E-state index in [-0.39, 0.29) is 16.5 Å². The van der Waals surface area contributed by atoms with Crippen LogP contribution in [0.3, 0.4) is 0 Å². The predicted molar refractivity (Wildman–Crippen MR) is 111 cm³/mol. The first-order valence-electron chi connectivity index (χ1n) is 8.75. The van der Waals surface area contributed by atoms with Gasteiger partial charge in [0.15, 0.2) is 6.61 Å². The Balaban J connectivity index is 1.62. The lowest BCUT2D eigenvalue weighted by Crippen LogP contribution is -2.33. The van der Waals surface area contributed by atoms with Gasteiger partial charge in [-0.05, 0) is 24.3 Å². The van der Waals surface area contributed by atoms with Crippen molar-refractivity contribution in [3.8, 4) is 6.07 Å². The number of hydrogen-bond donors (Lipinski definition) is 2. The molecule has 10 heteroatoms. The number of carbonyl (C=O) groups excluding carboxylic acids is 2. The van der Waals surface area contributed by atoms with Gasteiger partial charge in [-0.25, -0.2) is 4.68 Å². The van der Waals surface area contributed by atoms with Gasteiger partial charge in [0.1, 0.15) is 6.54 Å². The maximum absolute atomic E-state index is 12.4. The number of carbonyl (C=O) groups is 2. The second-order valence-corrected chi connectivity index (χ2v) is 7.05. The first kappa shape index (κ1) is 20.9. The summed E-state index contributed by atoms with van der Waals surface area (Å²) in [4.78, 5) is 49.3. The molecule has 0 unspecified atom stereocenters. The van der Waals surface area contributed by atoms with Crippen LogP contribution in [0.5, 0.6) is 0 Å². The molecular formula is C20H16N4O5S. The molecule has 1 heterocycles. The number of nitriles is 1. The Morgan fingerprint density at radius 3 is 2.57 bits per heavy atom. The normalized spacial score (nSPS) is 10.4. The number of aromatic amines is 1. The van der Waals surface area contributed by atoms with Crippen molar-refractivity contribution in [3.63, 3.8) is 0 Å². The van der Waals surface area contributed by atoms with Crippen LogP contribution >= 0.6 is 11.8 Å². The highest BCUT2D eigenvalue weighted by atomic mass is 32.2. The number of anilines is 1. The van der Waals surface area contributed by atoms with Crippen molar-refractivity contribution in [2.45, 2.75) is 11.4 Å². The summed E-state index contributed by atoms with van der Waals surface area (Å²) in [5, 5.41) is 14.0. The van der Waals surface area contributed by atoms with Gasteiger partial charge in [0.2, 0.25) is 0 Å². The Morgan fingerprint density at radius 2 is 1.80 bits per heavy atom. The summed E-state index contributed by atoms with van der Waals surface area (Å²) in [5.41, 5.74) is -0.564. The zero-order valence-corrected chi connectivity index (χ0v) is 16.4. The second-order valence-electron chi connectivity index (χ2n) is 6.03. The molecule has 1 aromatic heterocycles. The zero-order valence-electron chi connectivity index (χ0n) is 15.6. The fourth-order valence-corrected chi connectivity index (χ4v) is 3.34. The van der Waals surface area contributed by atoms with Gasteiger partial charge in [0.25, 0.3) is 17.0 Å². The summed E-state index contributed by atoms with van der Waals surface area (Å²) >= 11 is 1.26. The van der Waals surface area contributed by atoms with Gasteiger partial charge in [0, 0.05) is 4.90 Å². The molecule has 0 atom stereocenters. The van der Waals surface area contributed by atoms with Crippen molar-refractivity contribution in [1.29, 1.82) is 5.26 Å². The van der Waals surface area contributed by atoms with E-state index >= 15 is 0 Å². The molecular weight excluding hydrogens is 408 g/mol. The summed E-state index contributed by atoms with van der Waals surface area (Å²) in [6.45, 7) is -1.11. The van der Waals surface area contributed by atoms with Gasteiger partial charge in [0.05, 0.1) is 28.3 Å². The molecule has 3 rings (SSSR count). The van der Waals surface area contributed by atoms with Crippen molar-refractivity contribution >= 4 is 40.1 Å². The van der Waals surface area contributed by atoms with E-state index in [9.17, 15) is 19.2 Å². The highest BCUT2D eigenvalue weighted by Gasteiger charge is 2.13. The lowest BCUT2D eigenvalue weighted by molar-refractivity contribution is -0.148. The van der Waals surface area contributed by atoms with E-state index in [0.717, 1.165) is 4.68 Å². The van der Waals surface area contributed by atoms with E-state index in [4.69, 9.17) is 10.00 Å². The number of thioether (sulfide) groups is 1. The van der Waals surface area contributed by atoms with Crippen LogP contribution in [0.1, 0.15) is 0 Å². The van der Waals surface area contributed by atoms with Gasteiger partial charge in [-0.3, -0.25) is 24.3 Å². The third-order valence-electron chi connectivity index (χ3n) is 3.99. The lowest BCUT2D eigenvalue weighted by atomic mass is 10.2. The van der Waals surface area contributed by atoms with Gasteiger partial charge < -0.3 is 10.1 Å². The molecule has 152 valence electrons. The molecule has 0 spiro atoms. The van der Waals surface area contributed by atoms with Crippen LogP contribution in [-0.2, 0) is 20.9 Å². The number of aromatic nitrogens is 2. The molecule has 2 aromatic carbocycles. The molecule has 30 heavy (non-hydrogen) atoms. The molecule has 2 N–H and O–H groups in total. The third-order valence-corrected chi connectivity index (χ3v) is 4.93. The molecule has 9 nitrogen and oxygen atoms in total. The highest BCUT2D eigenvalue weighted by Crippen LogP contribution is 2.26. The average Bonchev–Trinajstić information content (AvgIpc) is 2.75. The maximum atomic E-state index is 12.4. The minimum atomic E-state index is -0.856. The topological polar surface area (TPSA) is 134 Å². The molecule has 0 aliphatic carbocycles. The number of fused-ring (bicyclic) bond motifs is 1. The van der Waals surface area contributed by atoms with E-state index in [1.54, 1.807) is 36.4 Å². The summed E-state index contributed by atoms with van der Waals surface area (Å²) in [6.07, 6.45) is 0. The third kappa shape index (κ3) is 4.95. The SMILES string of the molecule is N#CCSc1ccccc1NC(=O)COC(=O)Cn1[nH]c(=O)c2ccccc2c1=O. The van der Waals surface area contributed by atoms with Crippen molar-refractivity contribution in [2.75, 3.05) is 17.7 Å². The Morgan fingerprint density at radius 1 is 1.10 bits per heavy atom. The van der Waals surface area contributed by atoms with E-state index in [1.807, 2.05) is 6.07 Å². The smallest absolute Gasteiger partial charge is 0.328 e. The Kier molecular flexibility index (Phi) is 6.67. The quantitative estimate of drug-likeness (QED) is 0.433. The second kappa shape index (κ2) is 9.58. The highest BCUT2D eigenvalue weighted by molar-refractivity contribution is 7.99. The number of rotatable bonds is 7. The lowest BCUT2D eigenvalue weighted by Gasteiger charge is -2.10. The number of hydrogen-bond acceptors (Lipinski definition) is 7. The van der Waals surface area contributed by atoms with Crippen molar-refractivity contribution in [2.24, 2.45) is 0 Å². The standard InChI is InChI=1S/C20H16N4O5S/c21-9-10-30-16-8-4-3-7-15(16)22-17(25)12-29-18(26)11-24-20(28)14-6-2-1-5-13(14)19(27)23-24/h1-8H,10-12H2,(H,22,25)(H,23,27). The van der Waals surface area contributed by atoms with Gasteiger partial charge in [-0.15, -0.1) is 11.8 Å². The largest absolute Gasteiger partial charge is 0.454 e. The molecule has 0 saturated heterocycles. The minimum absolute atomic E-state index is 0.179. The molecule has 0 saturated carbocycles. The van der Waals surface area contributed by atoms with Gasteiger partial charge in [-0.2, -0.15) is 5.26 Å². The number of nitrogens with one attached hydrogen (secondary N) is 2. The van der Waals surface area contributed by atoms with E-state index < -0.39 is 36.1 Å². The summed E-state index contributed by atoms with van der Waals surface area (Å²) in [6, 6.07) is 15.2. The van der Waals surface area contributed by atoms with Crippen LogP contribution in [0.15, 0.2) is 63.0 Å². The molecule has 0 bridgehead atoms. The number of amides is 1. The van der Waals surface area contributed by atoms with Crippen molar-refractivity contribution < 1.29 is 14.3 Å². The van der Waals surface area contributed by atoms with Gasteiger partial charge in [-0.1, -0.05) is 24.3 Å². The Labute approximate surface area is 174 Å². The molecule has 0 aliphatic heterocycles. The first-order valence-corrected chi connectivity index (χ1v) is 9.74. The molecule has 0 aliphatic rings. The summed E-state index contributed by atoms with van der Waals surface area (Å²) < 4.78 is 5.76. The van der Waals surface area contributed by atoms with Crippen LogP contribution in [0.4, 0.5) is 5.69 Å². The van der Waals surface area contributed by atoms with Crippen LogP contribution in [-0.4, -0.2) is 34.0 Å². The number of benzene rings is 2. The molecule has 0 fully saturated rings.